The number of piperidine rings is 1. The second kappa shape index (κ2) is 3.73. The molecule has 1 aliphatic heterocycles. The number of amides is 1. The van der Waals surface area contributed by atoms with Gasteiger partial charge >= 0.3 is 0 Å². The summed E-state index contributed by atoms with van der Waals surface area (Å²) in [5.74, 6) is 1.58. The molecular formula is C11H15N3OS. The highest BCUT2D eigenvalue weighted by molar-refractivity contribution is 7.17. The Morgan fingerprint density at radius 3 is 2.69 bits per heavy atom. The van der Waals surface area contributed by atoms with E-state index in [1.807, 2.05) is 4.90 Å². The first-order valence-corrected chi connectivity index (χ1v) is 6.54. The lowest BCUT2D eigenvalue weighted by Gasteiger charge is -2.31. The Hall–Kier alpha value is -1.10. The van der Waals surface area contributed by atoms with E-state index in [9.17, 15) is 4.79 Å². The van der Waals surface area contributed by atoms with Gasteiger partial charge in [0.25, 0.3) is 5.91 Å². The minimum absolute atomic E-state index is 0.116. The Kier molecular flexibility index (Phi) is 2.35. The number of aromatic nitrogens is 1. The third-order valence-electron chi connectivity index (χ3n) is 3.63. The number of nitrogen functional groups attached to an aromatic ring is 1. The lowest BCUT2D eigenvalue weighted by Crippen LogP contribution is -2.40. The van der Waals surface area contributed by atoms with Gasteiger partial charge in [0.2, 0.25) is 0 Å². The molecule has 2 atom stereocenters. The highest BCUT2D eigenvalue weighted by Crippen LogP contribution is 2.37. The van der Waals surface area contributed by atoms with E-state index in [2.05, 4.69) is 4.98 Å². The molecule has 0 unspecified atom stereocenters. The monoisotopic (exact) mass is 237 g/mol. The maximum Gasteiger partial charge on any atom is 0.265 e. The molecule has 1 saturated heterocycles. The lowest BCUT2D eigenvalue weighted by molar-refractivity contribution is 0.0666. The summed E-state index contributed by atoms with van der Waals surface area (Å²) >= 11 is 1.29. The minimum atomic E-state index is 0.116. The van der Waals surface area contributed by atoms with Gasteiger partial charge in [-0.25, -0.2) is 4.98 Å². The molecule has 2 bridgehead atoms. The maximum atomic E-state index is 12.2. The Morgan fingerprint density at radius 2 is 2.12 bits per heavy atom. The number of carbonyl (C=O) groups excluding carboxylic acids is 1. The van der Waals surface area contributed by atoms with Gasteiger partial charge in [-0.3, -0.25) is 4.79 Å². The van der Waals surface area contributed by atoms with E-state index < -0.39 is 0 Å². The molecule has 2 aliphatic rings. The van der Waals surface area contributed by atoms with Gasteiger partial charge in [-0.15, -0.1) is 0 Å². The fourth-order valence-electron chi connectivity index (χ4n) is 2.92. The van der Waals surface area contributed by atoms with Crippen LogP contribution in [0.1, 0.15) is 28.9 Å². The molecule has 1 amide bonds. The predicted octanol–water partition coefficient (Wildman–Crippen LogP) is 1.60. The third kappa shape index (κ3) is 1.69. The van der Waals surface area contributed by atoms with Gasteiger partial charge in [-0.2, -0.15) is 0 Å². The standard InChI is InChI=1S/C11H15N3OS/c12-11-13-4-9(16-11)10(15)14-5-7-1-2-8(3-7)6-14/h4,7-8H,1-3,5-6H2,(H2,12,13)/t7-,8+. The van der Waals surface area contributed by atoms with Crippen LogP contribution in [0, 0.1) is 11.8 Å². The third-order valence-corrected chi connectivity index (χ3v) is 4.44. The molecule has 86 valence electrons. The van der Waals surface area contributed by atoms with Gasteiger partial charge < -0.3 is 10.6 Å². The highest BCUT2D eigenvalue weighted by atomic mass is 32.1. The number of likely N-dealkylation sites (tertiary alicyclic amines) is 1. The predicted molar refractivity (Wildman–Crippen MR) is 63.3 cm³/mol. The Labute approximate surface area is 98.5 Å². The summed E-state index contributed by atoms with van der Waals surface area (Å²) in [6.45, 7) is 1.85. The van der Waals surface area contributed by atoms with Crippen LogP contribution in [0.5, 0.6) is 0 Å². The van der Waals surface area contributed by atoms with E-state index in [4.69, 9.17) is 5.73 Å². The number of rotatable bonds is 1. The smallest absolute Gasteiger partial charge is 0.265 e. The van der Waals surface area contributed by atoms with Crippen LogP contribution < -0.4 is 5.73 Å². The fraction of sp³-hybridized carbons (Fsp3) is 0.636. The van der Waals surface area contributed by atoms with Crippen molar-refractivity contribution in [1.82, 2.24) is 9.88 Å². The van der Waals surface area contributed by atoms with E-state index >= 15 is 0 Å². The summed E-state index contributed by atoms with van der Waals surface area (Å²) in [5, 5.41) is 0.475. The van der Waals surface area contributed by atoms with Crippen molar-refractivity contribution in [3.8, 4) is 0 Å². The largest absolute Gasteiger partial charge is 0.375 e. The molecular weight excluding hydrogens is 222 g/mol. The van der Waals surface area contributed by atoms with Gasteiger partial charge in [0.05, 0.1) is 6.20 Å². The van der Waals surface area contributed by atoms with Gasteiger partial charge in [0, 0.05) is 13.1 Å². The molecule has 0 spiro atoms. The van der Waals surface area contributed by atoms with Crippen molar-refractivity contribution in [2.24, 2.45) is 11.8 Å². The molecule has 4 nitrogen and oxygen atoms in total. The molecule has 2 heterocycles. The highest BCUT2D eigenvalue weighted by Gasteiger charge is 2.35. The van der Waals surface area contributed by atoms with Crippen LogP contribution >= 0.6 is 11.3 Å². The lowest BCUT2D eigenvalue weighted by atomic mass is 9.99. The molecule has 0 radical (unpaired) electrons. The van der Waals surface area contributed by atoms with E-state index in [1.54, 1.807) is 6.20 Å². The van der Waals surface area contributed by atoms with E-state index in [-0.39, 0.29) is 5.91 Å². The zero-order valence-corrected chi connectivity index (χ0v) is 9.87. The van der Waals surface area contributed by atoms with Crippen LogP contribution in [0.4, 0.5) is 5.13 Å². The Morgan fingerprint density at radius 1 is 1.44 bits per heavy atom. The van der Waals surface area contributed by atoms with Crippen molar-refractivity contribution in [2.45, 2.75) is 19.3 Å². The summed E-state index contributed by atoms with van der Waals surface area (Å²) in [7, 11) is 0. The average molecular weight is 237 g/mol. The molecule has 1 saturated carbocycles. The molecule has 2 fully saturated rings. The maximum absolute atomic E-state index is 12.2. The second-order valence-electron chi connectivity index (χ2n) is 4.82. The van der Waals surface area contributed by atoms with Crippen LogP contribution in [0.25, 0.3) is 0 Å². The van der Waals surface area contributed by atoms with Crippen molar-refractivity contribution < 1.29 is 4.79 Å². The van der Waals surface area contributed by atoms with Crippen LogP contribution in [0.15, 0.2) is 6.20 Å². The molecule has 5 heteroatoms. The first-order valence-electron chi connectivity index (χ1n) is 5.73. The average Bonchev–Trinajstić information content (AvgIpc) is 2.84. The first kappa shape index (κ1) is 10.1. The van der Waals surface area contributed by atoms with E-state index in [0.29, 0.717) is 10.0 Å². The number of anilines is 1. The SMILES string of the molecule is Nc1ncc(C(=O)N2C[C@@H]3CC[C@@H](C3)C2)s1. The summed E-state index contributed by atoms with van der Waals surface area (Å²) in [4.78, 5) is 18.8. The number of nitrogens with two attached hydrogens (primary N) is 1. The van der Waals surface area contributed by atoms with Crippen molar-refractivity contribution >= 4 is 22.4 Å². The quantitative estimate of drug-likeness (QED) is 0.807. The molecule has 0 aromatic carbocycles. The van der Waals surface area contributed by atoms with Crippen LogP contribution in [-0.4, -0.2) is 28.9 Å². The molecule has 1 aromatic heterocycles. The van der Waals surface area contributed by atoms with Crippen LogP contribution in [0.2, 0.25) is 0 Å². The van der Waals surface area contributed by atoms with Gasteiger partial charge in [0.15, 0.2) is 5.13 Å². The van der Waals surface area contributed by atoms with Crippen molar-refractivity contribution in [3.63, 3.8) is 0 Å². The Bertz CT molecular complexity index is 405. The fourth-order valence-corrected chi connectivity index (χ4v) is 3.57. The van der Waals surface area contributed by atoms with E-state index in [0.717, 1.165) is 24.9 Å². The number of carbonyl (C=O) groups is 1. The molecule has 2 N–H and O–H groups in total. The van der Waals surface area contributed by atoms with Crippen molar-refractivity contribution in [2.75, 3.05) is 18.8 Å². The number of hydrogen-bond donors (Lipinski definition) is 1. The summed E-state index contributed by atoms with van der Waals surface area (Å²) < 4.78 is 0. The topological polar surface area (TPSA) is 59.2 Å². The van der Waals surface area contributed by atoms with E-state index in [1.165, 1.54) is 30.6 Å². The van der Waals surface area contributed by atoms with Crippen LogP contribution in [-0.2, 0) is 0 Å². The van der Waals surface area contributed by atoms with Crippen molar-refractivity contribution in [3.05, 3.63) is 11.1 Å². The summed E-state index contributed by atoms with van der Waals surface area (Å²) in [5.41, 5.74) is 5.55. The number of nitrogens with zero attached hydrogens (tertiary/aromatic N) is 2. The number of thiazole rings is 1. The number of hydrogen-bond acceptors (Lipinski definition) is 4. The first-order chi connectivity index (χ1) is 7.72. The van der Waals surface area contributed by atoms with Gasteiger partial charge in [-0.1, -0.05) is 11.3 Å². The van der Waals surface area contributed by atoms with Gasteiger partial charge in [0.1, 0.15) is 4.88 Å². The molecule has 16 heavy (non-hydrogen) atoms. The van der Waals surface area contributed by atoms with Crippen molar-refractivity contribution in [1.29, 1.82) is 0 Å². The second-order valence-corrected chi connectivity index (χ2v) is 5.88. The zero-order chi connectivity index (χ0) is 11.1. The van der Waals surface area contributed by atoms with Crippen LogP contribution in [0.3, 0.4) is 0 Å². The summed E-state index contributed by atoms with van der Waals surface area (Å²) in [6, 6.07) is 0. The summed E-state index contributed by atoms with van der Waals surface area (Å²) in [6.07, 6.45) is 5.49. The molecule has 1 aliphatic carbocycles. The molecule has 1 aromatic rings. The van der Waals surface area contributed by atoms with Gasteiger partial charge in [-0.05, 0) is 31.1 Å². The Balaban J connectivity index is 1.76. The minimum Gasteiger partial charge on any atom is -0.375 e. The number of fused-ring (bicyclic) bond motifs is 2. The zero-order valence-electron chi connectivity index (χ0n) is 9.06. The normalized spacial score (nSPS) is 28.4. The molecule has 3 rings (SSSR count).